The monoisotopic (exact) mass is 238 g/mol. The maximum absolute atomic E-state index is 10.7. The van der Waals surface area contributed by atoms with E-state index in [9.17, 15) is 15.2 Å². The van der Waals surface area contributed by atoms with Crippen LogP contribution in [0.4, 0.5) is 11.4 Å². The van der Waals surface area contributed by atoms with Gasteiger partial charge < -0.3 is 10.0 Å². The highest BCUT2D eigenvalue weighted by Gasteiger charge is 2.11. The maximum Gasteiger partial charge on any atom is 0.271 e. The second kappa shape index (κ2) is 5.63. The molecular weight excluding hydrogens is 220 g/mol. The van der Waals surface area contributed by atoms with Crippen molar-refractivity contribution < 1.29 is 10.0 Å². The third kappa shape index (κ3) is 4.03. The van der Waals surface area contributed by atoms with E-state index in [1.807, 2.05) is 24.9 Å². The molecule has 1 unspecified atom stereocenters. The molecule has 1 aromatic carbocycles. The highest BCUT2D eigenvalue weighted by atomic mass is 16.6. The van der Waals surface area contributed by atoms with Crippen molar-refractivity contribution in [1.82, 2.24) is 0 Å². The zero-order valence-electron chi connectivity index (χ0n) is 10.4. The molecule has 0 amide bonds. The smallest absolute Gasteiger partial charge is 0.271 e. The van der Waals surface area contributed by atoms with E-state index in [4.69, 9.17) is 0 Å². The number of nitrogens with zero attached hydrogens (tertiary/aromatic N) is 2. The lowest BCUT2D eigenvalue weighted by atomic mass is 10.1. The molecule has 0 radical (unpaired) electrons. The Morgan fingerprint density at radius 1 is 1.47 bits per heavy atom. The van der Waals surface area contributed by atoms with Gasteiger partial charge in [0.25, 0.3) is 5.69 Å². The van der Waals surface area contributed by atoms with Crippen LogP contribution in [0.2, 0.25) is 0 Å². The highest BCUT2D eigenvalue weighted by molar-refractivity contribution is 5.55. The number of non-ortho nitro benzene ring substituents is 1. The van der Waals surface area contributed by atoms with Crippen LogP contribution in [0.15, 0.2) is 18.2 Å². The van der Waals surface area contributed by atoms with Crippen molar-refractivity contribution in [2.24, 2.45) is 0 Å². The average molecular weight is 238 g/mol. The Hall–Kier alpha value is -1.62. The van der Waals surface area contributed by atoms with Gasteiger partial charge in [-0.25, -0.2) is 0 Å². The predicted molar refractivity (Wildman–Crippen MR) is 67.4 cm³/mol. The van der Waals surface area contributed by atoms with Crippen LogP contribution < -0.4 is 4.90 Å². The van der Waals surface area contributed by atoms with Crippen molar-refractivity contribution in [1.29, 1.82) is 0 Å². The molecule has 1 N–H and O–H groups in total. The van der Waals surface area contributed by atoms with Gasteiger partial charge in [0.1, 0.15) is 0 Å². The number of hydrogen-bond donors (Lipinski definition) is 1. The van der Waals surface area contributed by atoms with E-state index in [2.05, 4.69) is 0 Å². The second-order valence-electron chi connectivity index (χ2n) is 4.34. The van der Waals surface area contributed by atoms with Gasteiger partial charge in [-0.3, -0.25) is 10.1 Å². The van der Waals surface area contributed by atoms with E-state index in [1.165, 1.54) is 0 Å². The molecule has 94 valence electrons. The van der Waals surface area contributed by atoms with E-state index in [0.717, 1.165) is 11.3 Å². The number of rotatable bonds is 5. The van der Waals surface area contributed by atoms with Gasteiger partial charge in [-0.1, -0.05) is 0 Å². The normalized spacial score (nSPS) is 12.2. The van der Waals surface area contributed by atoms with Crippen LogP contribution in [0.3, 0.4) is 0 Å². The second-order valence-corrected chi connectivity index (χ2v) is 4.34. The lowest BCUT2D eigenvalue weighted by Crippen LogP contribution is -2.21. The first-order valence-corrected chi connectivity index (χ1v) is 5.55. The standard InChI is InChI=1S/C12H18N2O3/c1-9-6-11(8-12(7-9)14(16)17)13(3)5-4-10(2)15/h6-8,10,15H,4-5H2,1-3H3. The fourth-order valence-corrected chi connectivity index (χ4v) is 1.58. The minimum atomic E-state index is -0.390. The molecule has 0 aromatic heterocycles. The Kier molecular flexibility index (Phi) is 4.45. The molecule has 0 aliphatic rings. The lowest BCUT2D eigenvalue weighted by molar-refractivity contribution is -0.384. The Balaban J connectivity index is 2.86. The van der Waals surface area contributed by atoms with Crippen LogP contribution in [-0.4, -0.2) is 29.7 Å². The van der Waals surface area contributed by atoms with E-state index >= 15 is 0 Å². The first kappa shape index (κ1) is 13.4. The van der Waals surface area contributed by atoms with Crippen LogP contribution in [0, 0.1) is 17.0 Å². The number of aryl methyl sites for hydroxylation is 1. The summed E-state index contributed by atoms with van der Waals surface area (Å²) in [5, 5.41) is 20.0. The Bertz CT molecular complexity index is 405. The molecule has 0 heterocycles. The van der Waals surface area contributed by atoms with Gasteiger partial charge in [-0.05, 0) is 31.9 Å². The molecule has 1 atom stereocenters. The van der Waals surface area contributed by atoms with Crippen molar-refractivity contribution in [2.75, 3.05) is 18.5 Å². The van der Waals surface area contributed by atoms with Crippen LogP contribution in [0.5, 0.6) is 0 Å². The molecule has 1 aromatic rings. The maximum atomic E-state index is 10.7. The van der Waals surface area contributed by atoms with Gasteiger partial charge in [0, 0.05) is 31.4 Å². The van der Waals surface area contributed by atoms with Crippen molar-refractivity contribution in [3.63, 3.8) is 0 Å². The lowest BCUT2D eigenvalue weighted by Gasteiger charge is -2.20. The molecular formula is C12H18N2O3. The topological polar surface area (TPSA) is 66.6 Å². The molecule has 0 aliphatic heterocycles. The quantitative estimate of drug-likeness (QED) is 0.630. The molecule has 0 saturated carbocycles. The highest BCUT2D eigenvalue weighted by Crippen LogP contribution is 2.23. The van der Waals surface area contributed by atoms with E-state index in [0.29, 0.717) is 13.0 Å². The number of benzene rings is 1. The predicted octanol–water partition coefficient (Wildman–Crippen LogP) is 2.11. The molecule has 0 aliphatic carbocycles. The molecule has 1 rings (SSSR count). The molecule has 0 fully saturated rings. The SMILES string of the molecule is Cc1cc(N(C)CCC(C)O)cc([N+](=O)[O-])c1. The first-order chi connectivity index (χ1) is 7.90. The molecule has 5 nitrogen and oxygen atoms in total. The van der Waals surface area contributed by atoms with Crippen LogP contribution in [0.25, 0.3) is 0 Å². The van der Waals surface area contributed by atoms with E-state index in [-0.39, 0.29) is 16.7 Å². The minimum absolute atomic E-state index is 0.101. The number of nitro groups is 1. The Morgan fingerprint density at radius 3 is 2.65 bits per heavy atom. The molecule has 17 heavy (non-hydrogen) atoms. The van der Waals surface area contributed by atoms with Crippen molar-refractivity contribution in [3.05, 3.63) is 33.9 Å². The minimum Gasteiger partial charge on any atom is -0.393 e. The number of aliphatic hydroxyl groups is 1. The summed E-state index contributed by atoms with van der Waals surface area (Å²) in [6.07, 6.45) is 0.273. The van der Waals surface area contributed by atoms with Gasteiger partial charge in [0.05, 0.1) is 11.0 Å². The molecule has 0 bridgehead atoms. The molecule has 5 heteroatoms. The zero-order valence-corrected chi connectivity index (χ0v) is 10.4. The third-order valence-corrected chi connectivity index (χ3v) is 2.58. The van der Waals surface area contributed by atoms with Crippen LogP contribution in [-0.2, 0) is 0 Å². The first-order valence-electron chi connectivity index (χ1n) is 5.55. The summed E-state index contributed by atoms with van der Waals surface area (Å²) < 4.78 is 0. The number of nitro benzene ring substituents is 1. The van der Waals surface area contributed by atoms with E-state index in [1.54, 1.807) is 19.1 Å². The van der Waals surface area contributed by atoms with Gasteiger partial charge in [0.2, 0.25) is 0 Å². The van der Waals surface area contributed by atoms with Gasteiger partial charge in [-0.15, -0.1) is 0 Å². The number of aliphatic hydroxyl groups excluding tert-OH is 1. The summed E-state index contributed by atoms with van der Waals surface area (Å²) in [5.74, 6) is 0. The summed E-state index contributed by atoms with van der Waals surface area (Å²) in [5.41, 5.74) is 1.76. The third-order valence-electron chi connectivity index (χ3n) is 2.58. The zero-order chi connectivity index (χ0) is 13.0. The van der Waals surface area contributed by atoms with E-state index < -0.39 is 0 Å². The largest absolute Gasteiger partial charge is 0.393 e. The average Bonchev–Trinajstić information content (AvgIpc) is 2.24. The fourth-order valence-electron chi connectivity index (χ4n) is 1.58. The van der Waals surface area contributed by atoms with Crippen molar-refractivity contribution in [2.45, 2.75) is 26.4 Å². The van der Waals surface area contributed by atoms with Crippen LogP contribution >= 0.6 is 0 Å². The summed E-state index contributed by atoms with van der Waals surface area (Å²) in [6, 6.07) is 5.00. The van der Waals surface area contributed by atoms with Crippen molar-refractivity contribution in [3.8, 4) is 0 Å². The van der Waals surface area contributed by atoms with Crippen LogP contribution in [0.1, 0.15) is 18.9 Å². The molecule has 0 spiro atoms. The number of anilines is 1. The summed E-state index contributed by atoms with van der Waals surface area (Å²) in [7, 11) is 1.86. The van der Waals surface area contributed by atoms with Gasteiger partial charge in [0.15, 0.2) is 0 Å². The van der Waals surface area contributed by atoms with Gasteiger partial charge >= 0.3 is 0 Å². The summed E-state index contributed by atoms with van der Waals surface area (Å²) in [4.78, 5) is 12.3. The van der Waals surface area contributed by atoms with Gasteiger partial charge in [-0.2, -0.15) is 0 Å². The summed E-state index contributed by atoms with van der Waals surface area (Å²) >= 11 is 0. The summed E-state index contributed by atoms with van der Waals surface area (Å²) in [6.45, 7) is 4.23. The number of hydrogen-bond acceptors (Lipinski definition) is 4. The Morgan fingerprint density at radius 2 is 2.12 bits per heavy atom. The fraction of sp³-hybridized carbons (Fsp3) is 0.500. The van der Waals surface area contributed by atoms with Crippen molar-refractivity contribution >= 4 is 11.4 Å². The molecule has 0 saturated heterocycles. The Labute approximate surface area is 101 Å².